The molecule has 2 rings (SSSR count). The van der Waals surface area contributed by atoms with Crippen LogP contribution in [-0.4, -0.2) is 29.1 Å². The number of rotatable bonds is 4. The zero-order valence-electron chi connectivity index (χ0n) is 11.5. The molecule has 5 heteroatoms. The largest absolute Gasteiger partial charge is 0.508 e. The predicted octanol–water partition coefficient (Wildman–Crippen LogP) is 2.30. The summed E-state index contributed by atoms with van der Waals surface area (Å²) in [6.07, 6.45) is -0.0192. The van der Waals surface area contributed by atoms with Crippen LogP contribution in [0.5, 0.6) is 5.75 Å². The Balaban J connectivity index is 2.20. The number of phenols is 1. The highest BCUT2D eigenvalue weighted by atomic mass is 16.4. The molecule has 5 nitrogen and oxygen atoms in total. The van der Waals surface area contributed by atoms with Crippen molar-refractivity contribution in [2.75, 3.05) is 11.9 Å². The smallest absolute Gasteiger partial charge is 0.335 e. The first kappa shape index (κ1) is 14.6. The Bertz CT molecular complexity index is 681. The third-order valence-electron chi connectivity index (χ3n) is 3.18. The van der Waals surface area contributed by atoms with Crippen molar-refractivity contribution in [3.8, 4) is 5.75 Å². The van der Waals surface area contributed by atoms with Crippen molar-refractivity contribution in [3.63, 3.8) is 0 Å². The van der Waals surface area contributed by atoms with Gasteiger partial charge in [0.1, 0.15) is 5.75 Å². The number of amides is 1. The Morgan fingerprint density at radius 3 is 2.48 bits per heavy atom. The van der Waals surface area contributed by atoms with Gasteiger partial charge < -0.3 is 15.1 Å². The van der Waals surface area contributed by atoms with Crippen LogP contribution in [0.25, 0.3) is 0 Å². The minimum absolute atomic E-state index is 0.0192. The Morgan fingerprint density at radius 2 is 1.81 bits per heavy atom. The van der Waals surface area contributed by atoms with Gasteiger partial charge in [-0.25, -0.2) is 4.79 Å². The molecule has 108 valence electrons. The van der Waals surface area contributed by atoms with Gasteiger partial charge in [0.2, 0.25) is 5.91 Å². The molecular weight excluding hydrogens is 270 g/mol. The van der Waals surface area contributed by atoms with E-state index in [-0.39, 0.29) is 23.6 Å². The van der Waals surface area contributed by atoms with Crippen molar-refractivity contribution < 1.29 is 19.8 Å². The Kier molecular flexibility index (Phi) is 4.23. The zero-order valence-corrected chi connectivity index (χ0v) is 11.5. The van der Waals surface area contributed by atoms with E-state index >= 15 is 0 Å². The van der Waals surface area contributed by atoms with Crippen molar-refractivity contribution in [2.24, 2.45) is 0 Å². The van der Waals surface area contributed by atoms with Crippen LogP contribution in [-0.2, 0) is 11.2 Å². The zero-order chi connectivity index (χ0) is 15.4. The quantitative estimate of drug-likeness (QED) is 0.903. The van der Waals surface area contributed by atoms with Gasteiger partial charge in [0.15, 0.2) is 0 Å². The van der Waals surface area contributed by atoms with Crippen LogP contribution in [0.3, 0.4) is 0 Å². The Hall–Kier alpha value is -2.82. The lowest BCUT2D eigenvalue weighted by Gasteiger charge is -2.18. The maximum atomic E-state index is 12.3. The molecule has 0 saturated heterocycles. The van der Waals surface area contributed by atoms with E-state index in [9.17, 15) is 14.7 Å². The first-order valence-corrected chi connectivity index (χ1v) is 6.36. The number of likely N-dealkylation sites (N-methyl/N-ethyl adjacent to an activating group) is 1. The molecule has 0 radical (unpaired) electrons. The summed E-state index contributed by atoms with van der Waals surface area (Å²) in [6.45, 7) is 0. The van der Waals surface area contributed by atoms with Gasteiger partial charge in [-0.15, -0.1) is 0 Å². The van der Waals surface area contributed by atoms with E-state index in [4.69, 9.17) is 5.11 Å². The summed E-state index contributed by atoms with van der Waals surface area (Å²) in [5.74, 6) is -1.24. The van der Waals surface area contributed by atoms with E-state index < -0.39 is 5.97 Å². The van der Waals surface area contributed by atoms with Crippen LogP contribution in [0.1, 0.15) is 15.9 Å². The molecule has 0 fully saturated rings. The van der Waals surface area contributed by atoms with Gasteiger partial charge in [0.25, 0.3) is 0 Å². The second-order valence-corrected chi connectivity index (χ2v) is 4.61. The predicted molar refractivity (Wildman–Crippen MR) is 78.6 cm³/mol. The number of carboxylic acid groups (broad SMARTS) is 1. The summed E-state index contributed by atoms with van der Waals surface area (Å²) in [4.78, 5) is 24.8. The van der Waals surface area contributed by atoms with Crippen molar-refractivity contribution in [2.45, 2.75) is 6.42 Å². The third kappa shape index (κ3) is 3.39. The van der Waals surface area contributed by atoms with Crippen LogP contribution in [0, 0.1) is 0 Å². The van der Waals surface area contributed by atoms with Gasteiger partial charge in [-0.1, -0.05) is 24.3 Å². The molecular formula is C16H15NO4. The summed E-state index contributed by atoms with van der Waals surface area (Å²) in [6, 6.07) is 12.7. The number of carboxylic acids is 1. The molecule has 2 N–H and O–H groups in total. The number of nitrogens with zero attached hydrogens (tertiary/aromatic N) is 1. The van der Waals surface area contributed by atoms with Crippen LogP contribution >= 0.6 is 0 Å². The van der Waals surface area contributed by atoms with Crippen molar-refractivity contribution >= 4 is 17.6 Å². The number of anilines is 1. The number of carbonyl (C=O) groups excluding carboxylic acids is 1. The van der Waals surface area contributed by atoms with E-state index in [0.29, 0.717) is 11.3 Å². The summed E-state index contributed by atoms with van der Waals surface area (Å²) in [5.41, 5.74) is 1.13. The number of aromatic carboxylic acids is 1. The maximum Gasteiger partial charge on any atom is 0.335 e. The molecule has 0 aliphatic rings. The van der Waals surface area contributed by atoms with E-state index in [1.165, 1.54) is 23.1 Å². The summed E-state index contributed by atoms with van der Waals surface area (Å²) in [7, 11) is 1.58. The highest BCUT2D eigenvalue weighted by Crippen LogP contribution is 2.20. The fourth-order valence-electron chi connectivity index (χ4n) is 2.01. The number of carbonyl (C=O) groups is 2. The molecule has 21 heavy (non-hydrogen) atoms. The standard InChI is InChI=1S/C16H15NO4/c1-17(12-6-4-7-13(18)10-12)15(19)9-11-5-2-3-8-14(11)16(20)21/h2-8,10,18H,9H2,1H3,(H,20,21). The third-order valence-corrected chi connectivity index (χ3v) is 3.18. The van der Waals surface area contributed by atoms with Crippen LogP contribution in [0.2, 0.25) is 0 Å². The molecule has 0 atom stereocenters. The number of hydrogen-bond donors (Lipinski definition) is 2. The van der Waals surface area contributed by atoms with Crippen molar-refractivity contribution in [1.82, 2.24) is 0 Å². The summed E-state index contributed by atoms with van der Waals surface area (Å²) < 4.78 is 0. The average Bonchev–Trinajstić information content (AvgIpc) is 2.46. The summed E-state index contributed by atoms with van der Waals surface area (Å²) >= 11 is 0. The Labute approximate surface area is 122 Å². The second kappa shape index (κ2) is 6.09. The van der Waals surface area contributed by atoms with Gasteiger partial charge >= 0.3 is 5.97 Å². The van der Waals surface area contributed by atoms with E-state index in [2.05, 4.69) is 0 Å². The van der Waals surface area contributed by atoms with Gasteiger partial charge in [-0.2, -0.15) is 0 Å². The lowest BCUT2D eigenvalue weighted by atomic mass is 10.0. The fraction of sp³-hybridized carbons (Fsp3) is 0.125. The van der Waals surface area contributed by atoms with Crippen LogP contribution < -0.4 is 4.90 Å². The molecule has 1 amide bonds. The maximum absolute atomic E-state index is 12.3. The Morgan fingerprint density at radius 1 is 1.10 bits per heavy atom. The van der Waals surface area contributed by atoms with Gasteiger partial charge in [-0.05, 0) is 23.8 Å². The number of aromatic hydroxyl groups is 1. The minimum Gasteiger partial charge on any atom is -0.508 e. The number of hydrogen-bond acceptors (Lipinski definition) is 3. The molecule has 0 unspecified atom stereocenters. The van der Waals surface area contributed by atoms with Gasteiger partial charge in [0, 0.05) is 18.8 Å². The molecule has 0 saturated carbocycles. The SMILES string of the molecule is CN(C(=O)Cc1ccccc1C(=O)O)c1cccc(O)c1. The van der Waals surface area contributed by atoms with E-state index in [1.54, 1.807) is 37.4 Å². The summed E-state index contributed by atoms with van der Waals surface area (Å²) in [5, 5.41) is 18.5. The molecule has 0 heterocycles. The van der Waals surface area contributed by atoms with Crippen molar-refractivity contribution in [3.05, 3.63) is 59.7 Å². The highest BCUT2D eigenvalue weighted by molar-refractivity contribution is 5.97. The van der Waals surface area contributed by atoms with E-state index in [0.717, 1.165) is 0 Å². The molecule has 0 aliphatic carbocycles. The topological polar surface area (TPSA) is 77.8 Å². The van der Waals surface area contributed by atoms with Gasteiger partial charge in [-0.3, -0.25) is 4.79 Å². The molecule has 0 bridgehead atoms. The normalized spacial score (nSPS) is 10.1. The molecule has 2 aromatic rings. The molecule has 0 spiro atoms. The monoisotopic (exact) mass is 285 g/mol. The molecule has 0 aromatic heterocycles. The van der Waals surface area contributed by atoms with Crippen molar-refractivity contribution in [1.29, 1.82) is 0 Å². The van der Waals surface area contributed by atoms with Crippen LogP contribution in [0.4, 0.5) is 5.69 Å². The molecule has 0 aliphatic heterocycles. The van der Waals surface area contributed by atoms with E-state index in [1.807, 2.05) is 0 Å². The molecule has 2 aromatic carbocycles. The second-order valence-electron chi connectivity index (χ2n) is 4.61. The van der Waals surface area contributed by atoms with Crippen LogP contribution in [0.15, 0.2) is 48.5 Å². The first-order valence-electron chi connectivity index (χ1n) is 6.36. The first-order chi connectivity index (χ1) is 9.99. The average molecular weight is 285 g/mol. The minimum atomic E-state index is -1.06. The number of benzene rings is 2. The fourth-order valence-corrected chi connectivity index (χ4v) is 2.01. The lowest BCUT2D eigenvalue weighted by molar-refractivity contribution is -0.117. The van der Waals surface area contributed by atoms with Gasteiger partial charge in [0.05, 0.1) is 12.0 Å². The number of phenolic OH excluding ortho intramolecular Hbond substituents is 1. The lowest BCUT2D eigenvalue weighted by Crippen LogP contribution is -2.28. The highest BCUT2D eigenvalue weighted by Gasteiger charge is 2.16.